The highest BCUT2D eigenvalue weighted by atomic mass is 35.5. The zero-order valence-electron chi connectivity index (χ0n) is 18.5. The Bertz CT molecular complexity index is 1370. The number of amides is 1. The fourth-order valence-corrected chi connectivity index (χ4v) is 4.81. The van der Waals surface area contributed by atoms with Crippen LogP contribution in [0.15, 0.2) is 82.7 Å². The smallest absolute Gasteiger partial charge is 0.262 e. The Morgan fingerprint density at radius 3 is 2.61 bits per heavy atom. The van der Waals surface area contributed by atoms with Crippen LogP contribution in [0.1, 0.15) is 18.1 Å². The molecule has 1 aromatic heterocycles. The van der Waals surface area contributed by atoms with Crippen molar-refractivity contribution in [3.63, 3.8) is 0 Å². The Morgan fingerprint density at radius 1 is 1.06 bits per heavy atom. The van der Waals surface area contributed by atoms with E-state index in [1.165, 1.54) is 11.8 Å². The lowest BCUT2D eigenvalue weighted by molar-refractivity contribution is -0.116. The number of fused-ring (bicyclic) bond motifs is 1. The van der Waals surface area contributed by atoms with E-state index in [1.807, 2.05) is 74.5 Å². The van der Waals surface area contributed by atoms with Gasteiger partial charge in [-0.1, -0.05) is 59.8 Å². The Morgan fingerprint density at radius 2 is 1.85 bits per heavy atom. The quantitative estimate of drug-likeness (QED) is 0.258. The summed E-state index contributed by atoms with van der Waals surface area (Å²) in [5, 5.41) is 1.66. The number of aryl methyl sites for hydroxylation is 1. The van der Waals surface area contributed by atoms with Crippen LogP contribution in [-0.2, 0) is 11.3 Å². The van der Waals surface area contributed by atoms with Crippen molar-refractivity contribution in [1.29, 1.82) is 0 Å². The molecule has 1 heterocycles. The van der Waals surface area contributed by atoms with Gasteiger partial charge in [-0.05, 0) is 61.4 Å². The number of rotatable bonds is 7. The van der Waals surface area contributed by atoms with Crippen molar-refractivity contribution in [1.82, 2.24) is 9.55 Å². The van der Waals surface area contributed by atoms with Crippen LogP contribution in [0, 0.1) is 6.92 Å². The second-order valence-corrected chi connectivity index (χ2v) is 9.08. The van der Waals surface area contributed by atoms with Gasteiger partial charge in [0.05, 0.1) is 23.2 Å². The minimum atomic E-state index is -0.137. The van der Waals surface area contributed by atoms with Crippen LogP contribution in [0.4, 0.5) is 5.69 Å². The van der Waals surface area contributed by atoms with E-state index in [1.54, 1.807) is 21.6 Å². The number of para-hydroxylation sites is 1. The average molecular weight is 478 g/mol. The number of aromatic nitrogens is 2. The highest BCUT2D eigenvalue weighted by Gasteiger charge is 2.18. The summed E-state index contributed by atoms with van der Waals surface area (Å²) in [6, 6.07) is 22.6. The maximum Gasteiger partial charge on any atom is 0.262 e. The topological polar surface area (TPSA) is 55.2 Å². The van der Waals surface area contributed by atoms with Crippen molar-refractivity contribution in [3.05, 3.63) is 99.3 Å². The fourth-order valence-electron chi connectivity index (χ4n) is 3.72. The highest BCUT2D eigenvalue weighted by molar-refractivity contribution is 7.99. The molecule has 1 amide bonds. The Balaban J connectivity index is 1.66. The average Bonchev–Trinajstić information content (AvgIpc) is 2.80. The third-order valence-electron chi connectivity index (χ3n) is 5.31. The molecule has 0 saturated carbocycles. The van der Waals surface area contributed by atoms with Gasteiger partial charge < -0.3 is 4.90 Å². The van der Waals surface area contributed by atoms with Crippen LogP contribution in [0.5, 0.6) is 0 Å². The van der Waals surface area contributed by atoms with Gasteiger partial charge in [-0.2, -0.15) is 0 Å². The van der Waals surface area contributed by atoms with Crippen LogP contribution in [-0.4, -0.2) is 27.8 Å². The van der Waals surface area contributed by atoms with Gasteiger partial charge in [0, 0.05) is 17.3 Å². The molecule has 5 nitrogen and oxygen atoms in total. The monoisotopic (exact) mass is 477 g/mol. The third kappa shape index (κ3) is 5.29. The molecule has 0 aliphatic carbocycles. The van der Waals surface area contributed by atoms with Crippen molar-refractivity contribution in [3.8, 4) is 0 Å². The number of halogens is 1. The van der Waals surface area contributed by atoms with Gasteiger partial charge in [-0.25, -0.2) is 4.98 Å². The summed E-state index contributed by atoms with van der Waals surface area (Å²) in [6.45, 7) is 4.84. The van der Waals surface area contributed by atoms with Crippen LogP contribution in [0.2, 0.25) is 5.02 Å². The van der Waals surface area contributed by atoms with Crippen molar-refractivity contribution in [2.45, 2.75) is 25.5 Å². The maximum atomic E-state index is 13.3. The molecule has 4 rings (SSSR count). The summed E-state index contributed by atoms with van der Waals surface area (Å²) in [6.07, 6.45) is 0. The van der Waals surface area contributed by atoms with E-state index in [-0.39, 0.29) is 17.2 Å². The Kier molecular flexibility index (Phi) is 7.16. The molecule has 3 aromatic carbocycles. The summed E-state index contributed by atoms with van der Waals surface area (Å²) >= 11 is 7.43. The number of thioether (sulfide) groups is 1. The summed E-state index contributed by atoms with van der Waals surface area (Å²) in [5.74, 6) is 0.132. The van der Waals surface area contributed by atoms with Gasteiger partial charge in [0.25, 0.3) is 5.56 Å². The first-order valence-corrected chi connectivity index (χ1v) is 12.1. The SMILES string of the molecule is CCN(C(=O)CSc1nc2ccccc2c(=O)n1Cc1cccc(Cl)c1)c1cccc(C)c1. The summed E-state index contributed by atoms with van der Waals surface area (Å²) in [5.41, 5.74) is 3.33. The molecule has 0 aliphatic heterocycles. The third-order valence-corrected chi connectivity index (χ3v) is 6.51. The molecular weight excluding hydrogens is 454 g/mol. The lowest BCUT2D eigenvalue weighted by Crippen LogP contribution is -2.32. The largest absolute Gasteiger partial charge is 0.312 e. The molecule has 0 spiro atoms. The van der Waals surface area contributed by atoms with Gasteiger partial charge >= 0.3 is 0 Å². The van der Waals surface area contributed by atoms with Crippen molar-refractivity contribution in [2.75, 3.05) is 17.2 Å². The summed E-state index contributed by atoms with van der Waals surface area (Å²) < 4.78 is 1.62. The number of anilines is 1. The summed E-state index contributed by atoms with van der Waals surface area (Å²) in [4.78, 5) is 32.9. The second kappa shape index (κ2) is 10.2. The number of carbonyl (C=O) groups is 1. The van der Waals surface area contributed by atoms with E-state index < -0.39 is 0 Å². The number of nitrogens with zero attached hydrogens (tertiary/aromatic N) is 3. The van der Waals surface area contributed by atoms with Crippen LogP contribution in [0.3, 0.4) is 0 Å². The molecule has 7 heteroatoms. The van der Waals surface area contributed by atoms with E-state index in [9.17, 15) is 9.59 Å². The predicted octanol–water partition coefficient (Wildman–Crippen LogP) is 5.55. The first kappa shape index (κ1) is 23.1. The molecule has 0 N–H and O–H groups in total. The molecule has 168 valence electrons. The first-order chi connectivity index (χ1) is 16.0. The number of carbonyl (C=O) groups excluding carboxylic acids is 1. The molecule has 0 saturated heterocycles. The molecule has 0 radical (unpaired) electrons. The predicted molar refractivity (Wildman–Crippen MR) is 136 cm³/mol. The van der Waals surface area contributed by atoms with E-state index in [4.69, 9.17) is 16.6 Å². The Hall–Kier alpha value is -3.09. The standard InChI is InChI=1S/C26H24ClN3O2S/c1-3-29(21-11-6-8-18(2)14-21)24(31)17-33-26-28-23-13-5-4-12-22(23)25(32)30(26)16-19-9-7-10-20(27)15-19/h4-15H,3,16-17H2,1-2H3. The normalized spacial score (nSPS) is 11.0. The van der Waals surface area contributed by atoms with Gasteiger partial charge in [0.15, 0.2) is 5.16 Å². The fraction of sp³-hybridized carbons (Fsp3) is 0.192. The molecule has 0 aliphatic rings. The van der Waals surface area contributed by atoms with Gasteiger partial charge in [-0.15, -0.1) is 0 Å². The number of benzene rings is 3. The van der Waals surface area contributed by atoms with Gasteiger partial charge in [0.2, 0.25) is 5.91 Å². The van der Waals surface area contributed by atoms with Crippen molar-refractivity contribution in [2.24, 2.45) is 0 Å². The zero-order chi connectivity index (χ0) is 23.4. The first-order valence-electron chi connectivity index (χ1n) is 10.7. The van der Waals surface area contributed by atoms with Crippen molar-refractivity contribution >= 4 is 45.9 Å². The van der Waals surface area contributed by atoms with Gasteiger partial charge in [-0.3, -0.25) is 14.2 Å². The second-order valence-electron chi connectivity index (χ2n) is 7.70. The number of hydrogen-bond acceptors (Lipinski definition) is 4. The molecule has 0 unspecified atom stereocenters. The van der Waals surface area contributed by atoms with E-state index in [0.717, 1.165) is 16.8 Å². The van der Waals surface area contributed by atoms with Crippen molar-refractivity contribution < 1.29 is 4.79 Å². The van der Waals surface area contributed by atoms with Crippen LogP contribution < -0.4 is 10.5 Å². The lowest BCUT2D eigenvalue weighted by atomic mass is 10.2. The van der Waals surface area contributed by atoms with E-state index >= 15 is 0 Å². The molecule has 0 atom stereocenters. The minimum Gasteiger partial charge on any atom is -0.312 e. The molecule has 4 aromatic rings. The molecule has 33 heavy (non-hydrogen) atoms. The van der Waals surface area contributed by atoms with E-state index in [0.29, 0.717) is 34.2 Å². The minimum absolute atomic E-state index is 0.0372. The maximum absolute atomic E-state index is 13.3. The summed E-state index contributed by atoms with van der Waals surface area (Å²) in [7, 11) is 0. The number of hydrogen-bond donors (Lipinski definition) is 0. The Labute approximate surface area is 202 Å². The zero-order valence-corrected chi connectivity index (χ0v) is 20.1. The van der Waals surface area contributed by atoms with Crippen LogP contribution >= 0.6 is 23.4 Å². The van der Waals surface area contributed by atoms with Gasteiger partial charge in [0.1, 0.15) is 0 Å². The molecule has 0 bridgehead atoms. The molecule has 0 fully saturated rings. The molecular formula is C26H24ClN3O2S. The van der Waals surface area contributed by atoms with Crippen LogP contribution in [0.25, 0.3) is 10.9 Å². The lowest BCUT2D eigenvalue weighted by Gasteiger charge is -2.21. The highest BCUT2D eigenvalue weighted by Crippen LogP contribution is 2.22. The van der Waals surface area contributed by atoms with E-state index in [2.05, 4.69) is 0 Å².